The number of nitrogens with one attached hydrogen (secondary N) is 2. The number of carbonyl (C=O) groups excluding carboxylic acids is 2. The average molecular weight is 745 g/mol. The number of aliphatic hydroxyl groups excluding tert-OH is 1. The fourth-order valence-electron chi connectivity index (χ4n) is 9.38. The Morgan fingerprint density at radius 3 is 2.33 bits per heavy atom. The standard InChI is InChI=1S/C46H56N4O5/c1-45(2)24-36-25-46(3,29-45)30-50(36)27-37-23-41(33-17-15-31(28-51)16-18-33)55-44(54-37)34-21-19-32(20-22-34)38-10-5-4-9-35(38)26-48-42(52)13-8-14-43(53)49-40-12-7-6-11-39(40)47/h4-7,9-12,15-22,36-37,41,44,51H,8,13-14,23-30,47H2,1-3H3,(H,48,52)(H,49,53). The van der Waals surface area contributed by atoms with Gasteiger partial charge in [0.25, 0.3) is 0 Å². The number of nitrogens with two attached hydrogens (primary N) is 1. The zero-order chi connectivity index (χ0) is 38.6. The number of para-hydroxylation sites is 2. The van der Waals surface area contributed by atoms with Gasteiger partial charge in [0, 0.05) is 50.5 Å². The second-order valence-electron chi connectivity index (χ2n) is 17.0. The molecule has 2 amide bonds. The van der Waals surface area contributed by atoms with Crippen molar-refractivity contribution in [1.29, 1.82) is 0 Å². The van der Waals surface area contributed by atoms with Gasteiger partial charge in [-0.2, -0.15) is 0 Å². The molecule has 5 atom stereocenters. The van der Waals surface area contributed by atoms with Crippen LogP contribution in [0.4, 0.5) is 11.4 Å². The lowest BCUT2D eigenvalue weighted by molar-refractivity contribution is -0.253. The molecule has 0 spiro atoms. The highest BCUT2D eigenvalue weighted by molar-refractivity contribution is 5.94. The highest BCUT2D eigenvalue weighted by atomic mass is 16.7. The topological polar surface area (TPSA) is 126 Å². The quantitative estimate of drug-likeness (QED) is 0.102. The van der Waals surface area contributed by atoms with Gasteiger partial charge in [-0.3, -0.25) is 14.5 Å². The van der Waals surface area contributed by atoms with Crippen molar-refractivity contribution in [2.75, 3.05) is 24.1 Å². The van der Waals surface area contributed by atoms with E-state index in [4.69, 9.17) is 15.2 Å². The zero-order valence-corrected chi connectivity index (χ0v) is 32.4. The molecule has 1 aliphatic carbocycles. The smallest absolute Gasteiger partial charge is 0.224 e. The first-order valence-electron chi connectivity index (χ1n) is 19.8. The number of aliphatic hydroxyl groups is 1. The lowest BCUT2D eigenvalue weighted by Crippen LogP contribution is -2.42. The van der Waals surface area contributed by atoms with Crippen molar-refractivity contribution < 1.29 is 24.2 Å². The van der Waals surface area contributed by atoms with Crippen LogP contribution in [-0.2, 0) is 32.2 Å². The molecule has 2 heterocycles. The van der Waals surface area contributed by atoms with Crippen LogP contribution >= 0.6 is 0 Å². The van der Waals surface area contributed by atoms with Gasteiger partial charge in [0.15, 0.2) is 6.29 Å². The van der Waals surface area contributed by atoms with Crippen LogP contribution in [0.1, 0.15) is 100 Å². The molecule has 0 radical (unpaired) electrons. The molecule has 290 valence electrons. The van der Waals surface area contributed by atoms with E-state index in [-0.39, 0.29) is 43.5 Å². The van der Waals surface area contributed by atoms with Gasteiger partial charge < -0.3 is 30.9 Å². The highest BCUT2D eigenvalue weighted by Gasteiger charge is 2.50. The third kappa shape index (κ3) is 9.65. The van der Waals surface area contributed by atoms with E-state index in [1.807, 2.05) is 42.5 Å². The molecule has 4 aromatic rings. The molecule has 55 heavy (non-hydrogen) atoms. The van der Waals surface area contributed by atoms with Crippen molar-refractivity contribution in [3.05, 3.63) is 119 Å². The second-order valence-corrected chi connectivity index (χ2v) is 17.0. The fraction of sp³-hybridized carbons (Fsp3) is 0.435. The van der Waals surface area contributed by atoms with Crippen molar-refractivity contribution in [2.45, 2.75) is 103 Å². The highest BCUT2D eigenvalue weighted by Crippen LogP contribution is 2.53. The first kappa shape index (κ1) is 38.7. The minimum Gasteiger partial charge on any atom is -0.397 e. The van der Waals surface area contributed by atoms with E-state index in [1.165, 1.54) is 19.3 Å². The number of nitrogens with zero attached hydrogens (tertiary/aromatic N) is 1. The summed E-state index contributed by atoms with van der Waals surface area (Å²) in [6.45, 7) is 9.68. The predicted molar refractivity (Wildman–Crippen MR) is 217 cm³/mol. The van der Waals surface area contributed by atoms with Crippen molar-refractivity contribution >= 4 is 23.2 Å². The Bertz CT molecular complexity index is 1950. The Hall–Kier alpha value is -4.54. The maximum Gasteiger partial charge on any atom is 0.224 e. The second kappa shape index (κ2) is 16.7. The first-order chi connectivity index (χ1) is 26.5. The minimum absolute atomic E-state index is 0.00777. The number of hydrogen-bond acceptors (Lipinski definition) is 7. The number of likely N-dealkylation sites (tertiary alicyclic amines) is 1. The van der Waals surface area contributed by atoms with E-state index < -0.39 is 6.29 Å². The zero-order valence-electron chi connectivity index (χ0n) is 32.4. The predicted octanol–water partition coefficient (Wildman–Crippen LogP) is 8.30. The number of nitrogen functional groups attached to an aromatic ring is 1. The SMILES string of the molecule is CC1(C)CC2CC(C)(CN2CC2CC(c3ccc(CO)cc3)OC(c3ccc(-c4ccccc4CNC(=O)CCCC(=O)Nc4ccccc4N)cc3)O2)C1. The molecule has 7 rings (SSSR count). The molecule has 4 aromatic carbocycles. The van der Waals surface area contributed by atoms with Crippen LogP contribution in [0, 0.1) is 10.8 Å². The van der Waals surface area contributed by atoms with Crippen LogP contribution < -0.4 is 16.4 Å². The van der Waals surface area contributed by atoms with Crippen molar-refractivity contribution in [3.63, 3.8) is 0 Å². The van der Waals surface area contributed by atoms with E-state index in [2.05, 4.69) is 78.8 Å². The van der Waals surface area contributed by atoms with Crippen molar-refractivity contribution in [3.8, 4) is 11.1 Å². The molecular formula is C46H56N4O5. The van der Waals surface area contributed by atoms with Crippen LogP contribution in [0.2, 0.25) is 0 Å². The Kier molecular flexibility index (Phi) is 11.7. The lowest BCUT2D eigenvalue weighted by Gasteiger charge is -2.41. The molecule has 1 saturated carbocycles. The van der Waals surface area contributed by atoms with Gasteiger partial charge in [-0.25, -0.2) is 0 Å². The molecule has 9 nitrogen and oxygen atoms in total. The van der Waals surface area contributed by atoms with E-state index >= 15 is 0 Å². The van der Waals surface area contributed by atoms with E-state index in [0.29, 0.717) is 41.2 Å². The Morgan fingerprint density at radius 2 is 1.56 bits per heavy atom. The van der Waals surface area contributed by atoms with E-state index in [1.54, 1.807) is 12.1 Å². The minimum atomic E-state index is -0.522. The Balaban J connectivity index is 0.992. The summed E-state index contributed by atoms with van der Waals surface area (Å²) in [5, 5.41) is 15.5. The van der Waals surface area contributed by atoms with Crippen molar-refractivity contribution in [1.82, 2.24) is 10.2 Å². The summed E-state index contributed by atoms with van der Waals surface area (Å²) in [5.74, 6) is -0.271. The number of rotatable bonds is 13. The molecule has 2 aliphatic heterocycles. The summed E-state index contributed by atoms with van der Waals surface area (Å²) >= 11 is 0. The number of fused-ring (bicyclic) bond motifs is 2. The van der Waals surface area contributed by atoms with Crippen molar-refractivity contribution in [2.24, 2.45) is 10.8 Å². The van der Waals surface area contributed by atoms with Gasteiger partial charge in [-0.1, -0.05) is 106 Å². The van der Waals surface area contributed by atoms with Crippen LogP contribution in [0.3, 0.4) is 0 Å². The summed E-state index contributed by atoms with van der Waals surface area (Å²) in [4.78, 5) is 27.8. The first-order valence-corrected chi connectivity index (χ1v) is 19.8. The summed E-state index contributed by atoms with van der Waals surface area (Å²) in [6, 6.07) is 32.2. The fourth-order valence-corrected chi connectivity index (χ4v) is 9.38. The van der Waals surface area contributed by atoms with Gasteiger partial charge in [0.2, 0.25) is 11.8 Å². The van der Waals surface area contributed by atoms with Gasteiger partial charge in [-0.15, -0.1) is 0 Å². The molecule has 2 bridgehead atoms. The van der Waals surface area contributed by atoms with E-state index in [9.17, 15) is 14.7 Å². The maximum absolute atomic E-state index is 12.8. The number of hydrogen-bond donors (Lipinski definition) is 4. The van der Waals surface area contributed by atoms with Gasteiger partial charge in [-0.05, 0) is 76.5 Å². The maximum atomic E-state index is 12.8. The Labute approximate surface area is 325 Å². The summed E-state index contributed by atoms with van der Waals surface area (Å²) in [6.07, 6.45) is 4.77. The third-order valence-electron chi connectivity index (χ3n) is 11.6. The molecule has 0 aromatic heterocycles. The third-order valence-corrected chi connectivity index (χ3v) is 11.6. The summed E-state index contributed by atoms with van der Waals surface area (Å²) < 4.78 is 13.5. The molecule has 5 unspecified atom stereocenters. The number of carbonyl (C=O) groups is 2. The monoisotopic (exact) mass is 744 g/mol. The van der Waals surface area contributed by atoms with Crippen LogP contribution in [0.5, 0.6) is 0 Å². The number of amides is 2. The molecule has 9 heteroatoms. The number of ether oxygens (including phenoxy) is 2. The van der Waals surface area contributed by atoms with Crippen LogP contribution in [0.25, 0.3) is 11.1 Å². The van der Waals surface area contributed by atoms with Crippen LogP contribution in [-0.4, -0.2) is 47.1 Å². The van der Waals surface area contributed by atoms with Gasteiger partial charge in [0.1, 0.15) is 0 Å². The molecule has 3 fully saturated rings. The largest absolute Gasteiger partial charge is 0.397 e. The molecule has 3 aliphatic rings. The number of benzene rings is 4. The molecule has 2 saturated heterocycles. The summed E-state index contributed by atoms with van der Waals surface area (Å²) in [7, 11) is 0. The normalized spacial score (nSPS) is 24.7. The summed E-state index contributed by atoms with van der Waals surface area (Å²) in [5.41, 5.74) is 13.7. The van der Waals surface area contributed by atoms with E-state index in [0.717, 1.165) is 52.9 Å². The number of anilines is 2. The van der Waals surface area contributed by atoms with Gasteiger partial charge >= 0.3 is 0 Å². The molecule has 5 N–H and O–H groups in total. The lowest BCUT2D eigenvalue weighted by atomic mass is 9.65. The van der Waals surface area contributed by atoms with Gasteiger partial charge in [0.05, 0.1) is 30.2 Å². The Morgan fingerprint density at radius 1 is 0.855 bits per heavy atom. The average Bonchev–Trinajstić information content (AvgIpc) is 3.41. The van der Waals surface area contributed by atoms with Crippen LogP contribution in [0.15, 0.2) is 97.1 Å². The molecular weight excluding hydrogens is 689 g/mol.